The Bertz CT molecular complexity index is 271. The Morgan fingerprint density at radius 3 is 2.86 bits per heavy atom. The SMILES string of the molecule is Cc1cccc(CNCC[C@H](C)O)c1. The number of benzene rings is 1. The van der Waals surface area contributed by atoms with E-state index in [-0.39, 0.29) is 6.10 Å². The van der Waals surface area contributed by atoms with Crippen molar-refractivity contribution in [1.29, 1.82) is 0 Å². The molecule has 2 N–H and O–H groups in total. The number of hydrogen-bond acceptors (Lipinski definition) is 2. The van der Waals surface area contributed by atoms with E-state index in [1.165, 1.54) is 11.1 Å². The molecule has 1 atom stereocenters. The third-order valence-corrected chi connectivity index (χ3v) is 2.15. The molecule has 0 saturated carbocycles. The molecular weight excluding hydrogens is 174 g/mol. The van der Waals surface area contributed by atoms with Crippen LogP contribution in [0.25, 0.3) is 0 Å². The van der Waals surface area contributed by atoms with Crippen molar-refractivity contribution in [3.63, 3.8) is 0 Å². The summed E-state index contributed by atoms with van der Waals surface area (Å²) in [5, 5.41) is 12.4. The third-order valence-electron chi connectivity index (χ3n) is 2.15. The largest absolute Gasteiger partial charge is 0.393 e. The molecule has 1 aromatic carbocycles. The highest BCUT2D eigenvalue weighted by Crippen LogP contribution is 2.03. The van der Waals surface area contributed by atoms with Crippen LogP contribution in [0.15, 0.2) is 24.3 Å². The number of aliphatic hydroxyl groups excluding tert-OH is 1. The average molecular weight is 193 g/mol. The van der Waals surface area contributed by atoms with Gasteiger partial charge in [0, 0.05) is 6.54 Å². The highest BCUT2D eigenvalue weighted by Gasteiger charge is 1.95. The average Bonchev–Trinajstić information content (AvgIpc) is 2.12. The van der Waals surface area contributed by atoms with Crippen LogP contribution in [0.2, 0.25) is 0 Å². The molecule has 0 fully saturated rings. The van der Waals surface area contributed by atoms with Crippen LogP contribution in [-0.4, -0.2) is 17.8 Å². The van der Waals surface area contributed by atoms with Crippen LogP contribution in [0.4, 0.5) is 0 Å². The van der Waals surface area contributed by atoms with Crippen molar-refractivity contribution in [1.82, 2.24) is 5.32 Å². The van der Waals surface area contributed by atoms with Gasteiger partial charge in [-0.05, 0) is 32.4 Å². The van der Waals surface area contributed by atoms with Gasteiger partial charge < -0.3 is 10.4 Å². The van der Waals surface area contributed by atoms with Gasteiger partial charge in [-0.25, -0.2) is 0 Å². The van der Waals surface area contributed by atoms with E-state index in [1.807, 2.05) is 6.92 Å². The van der Waals surface area contributed by atoms with Crippen molar-refractivity contribution in [3.05, 3.63) is 35.4 Å². The smallest absolute Gasteiger partial charge is 0.0524 e. The molecule has 0 aromatic heterocycles. The van der Waals surface area contributed by atoms with Crippen molar-refractivity contribution in [2.45, 2.75) is 32.9 Å². The monoisotopic (exact) mass is 193 g/mol. The number of hydrogen-bond donors (Lipinski definition) is 2. The second kappa shape index (κ2) is 5.78. The Morgan fingerprint density at radius 2 is 2.21 bits per heavy atom. The molecule has 0 aliphatic carbocycles. The summed E-state index contributed by atoms with van der Waals surface area (Å²) in [6.07, 6.45) is 0.603. The lowest BCUT2D eigenvalue weighted by molar-refractivity contribution is 0.183. The summed E-state index contributed by atoms with van der Waals surface area (Å²) in [5.41, 5.74) is 2.59. The Morgan fingerprint density at radius 1 is 1.43 bits per heavy atom. The molecule has 14 heavy (non-hydrogen) atoms. The van der Waals surface area contributed by atoms with Gasteiger partial charge in [-0.1, -0.05) is 29.8 Å². The predicted octanol–water partition coefficient (Wildman–Crippen LogP) is 1.86. The Labute approximate surface area is 86.0 Å². The van der Waals surface area contributed by atoms with Crippen molar-refractivity contribution < 1.29 is 5.11 Å². The van der Waals surface area contributed by atoms with Crippen LogP contribution < -0.4 is 5.32 Å². The lowest BCUT2D eigenvalue weighted by atomic mass is 10.1. The van der Waals surface area contributed by atoms with Crippen LogP contribution >= 0.6 is 0 Å². The van der Waals surface area contributed by atoms with E-state index in [1.54, 1.807) is 0 Å². The van der Waals surface area contributed by atoms with Gasteiger partial charge in [-0.2, -0.15) is 0 Å². The fraction of sp³-hybridized carbons (Fsp3) is 0.500. The Kier molecular flexibility index (Phi) is 4.63. The summed E-state index contributed by atoms with van der Waals surface area (Å²) in [5.74, 6) is 0. The first-order valence-corrected chi connectivity index (χ1v) is 5.13. The van der Waals surface area contributed by atoms with Crippen LogP contribution in [0.5, 0.6) is 0 Å². The zero-order chi connectivity index (χ0) is 10.4. The van der Waals surface area contributed by atoms with Crippen molar-refractivity contribution >= 4 is 0 Å². The third kappa shape index (κ3) is 4.40. The second-order valence-corrected chi connectivity index (χ2v) is 3.80. The molecule has 0 unspecified atom stereocenters. The molecule has 0 saturated heterocycles. The first kappa shape index (κ1) is 11.2. The summed E-state index contributed by atoms with van der Waals surface area (Å²) in [6, 6.07) is 8.46. The Hall–Kier alpha value is -0.860. The summed E-state index contributed by atoms with van der Waals surface area (Å²) in [7, 11) is 0. The Balaban J connectivity index is 2.25. The predicted molar refractivity (Wildman–Crippen MR) is 59.2 cm³/mol. The highest BCUT2D eigenvalue weighted by atomic mass is 16.3. The van der Waals surface area contributed by atoms with E-state index in [0.717, 1.165) is 19.5 Å². The van der Waals surface area contributed by atoms with Gasteiger partial charge in [0.2, 0.25) is 0 Å². The number of aliphatic hydroxyl groups is 1. The number of nitrogens with one attached hydrogen (secondary N) is 1. The maximum atomic E-state index is 9.05. The van der Waals surface area contributed by atoms with Crippen LogP contribution in [0.3, 0.4) is 0 Å². The van der Waals surface area contributed by atoms with E-state index >= 15 is 0 Å². The molecule has 78 valence electrons. The summed E-state index contributed by atoms with van der Waals surface area (Å²) in [4.78, 5) is 0. The van der Waals surface area contributed by atoms with Crippen LogP contribution in [0, 0.1) is 6.92 Å². The molecule has 0 amide bonds. The fourth-order valence-corrected chi connectivity index (χ4v) is 1.37. The van der Waals surface area contributed by atoms with Gasteiger partial charge in [0.15, 0.2) is 0 Å². The van der Waals surface area contributed by atoms with Crippen molar-refractivity contribution in [3.8, 4) is 0 Å². The normalized spacial score (nSPS) is 12.8. The van der Waals surface area contributed by atoms with E-state index in [4.69, 9.17) is 5.11 Å². The molecule has 0 aliphatic heterocycles. The van der Waals surface area contributed by atoms with Gasteiger partial charge in [-0.3, -0.25) is 0 Å². The van der Waals surface area contributed by atoms with E-state index in [0.29, 0.717) is 0 Å². The van der Waals surface area contributed by atoms with Crippen molar-refractivity contribution in [2.75, 3.05) is 6.54 Å². The molecule has 1 aromatic rings. The summed E-state index contributed by atoms with van der Waals surface area (Å²) >= 11 is 0. The minimum absolute atomic E-state index is 0.208. The van der Waals surface area contributed by atoms with Gasteiger partial charge >= 0.3 is 0 Å². The lowest BCUT2D eigenvalue weighted by Gasteiger charge is -2.06. The standard InChI is InChI=1S/C12H19NO/c1-10-4-3-5-12(8-10)9-13-7-6-11(2)14/h3-5,8,11,13-14H,6-7,9H2,1-2H3/t11-/m0/s1. The maximum Gasteiger partial charge on any atom is 0.0524 e. The van der Waals surface area contributed by atoms with Crippen molar-refractivity contribution in [2.24, 2.45) is 0 Å². The van der Waals surface area contributed by atoms with E-state index < -0.39 is 0 Å². The van der Waals surface area contributed by atoms with E-state index in [9.17, 15) is 0 Å². The summed E-state index contributed by atoms with van der Waals surface area (Å²) < 4.78 is 0. The first-order chi connectivity index (χ1) is 6.68. The lowest BCUT2D eigenvalue weighted by Crippen LogP contribution is -2.18. The highest BCUT2D eigenvalue weighted by molar-refractivity contribution is 5.21. The maximum absolute atomic E-state index is 9.05. The van der Waals surface area contributed by atoms with Crippen LogP contribution in [0.1, 0.15) is 24.5 Å². The van der Waals surface area contributed by atoms with Gasteiger partial charge in [0.25, 0.3) is 0 Å². The molecule has 0 spiro atoms. The number of rotatable bonds is 5. The molecule has 0 bridgehead atoms. The van der Waals surface area contributed by atoms with Gasteiger partial charge in [0.05, 0.1) is 6.10 Å². The zero-order valence-electron chi connectivity index (χ0n) is 8.96. The molecule has 0 heterocycles. The topological polar surface area (TPSA) is 32.3 Å². The minimum atomic E-state index is -0.208. The molecule has 2 heteroatoms. The zero-order valence-corrected chi connectivity index (χ0v) is 8.96. The molecule has 0 aliphatic rings. The van der Waals surface area contributed by atoms with Crippen LogP contribution in [-0.2, 0) is 6.54 Å². The summed E-state index contributed by atoms with van der Waals surface area (Å²) in [6.45, 7) is 5.66. The van der Waals surface area contributed by atoms with Gasteiger partial charge in [-0.15, -0.1) is 0 Å². The van der Waals surface area contributed by atoms with E-state index in [2.05, 4.69) is 36.5 Å². The molecular formula is C12H19NO. The second-order valence-electron chi connectivity index (χ2n) is 3.80. The molecule has 2 nitrogen and oxygen atoms in total. The minimum Gasteiger partial charge on any atom is -0.393 e. The quantitative estimate of drug-likeness (QED) is 0.699. The fourth-order valence-electron chi connectivity index (χ4n) is 1.37. The molecule has 0 radical (unpaired) electrons. The molecule has 1 rings (SSSR count). The van der Waals surface area contributed by atoms with Gasteiger partial charge in [0.1, 0.15) is 0 Å². The first-order valence-electron chi connectivity index (χ1n) is 5.13. The number of aryl methyl sites for hydroxylation is 1.